The lowest BCUT2D eigenvalue weighted by Gasteiger charge is -2.10. The van der Waals surface area contributed by atoms with Crippen LogP contribution in [-0.4, -0.2) is 11.5 Å². The van der Waals surface area contributed by atoms with E-state index in [-0.39, 0.29) is 0 Å². The van der Waals surface area contributed by atoms with Gasteiger partial charge in [0.1, 0.15) is 0 Å². The van der Waals surface area contributed by atoms with Gasteiger partial charge >= 0.3 is 6.36 Å². The zero-order valence-electron chi connectivity index (χ0n) is 6.10. The first-order valence-corrected chi connectivity index (χ1v) is 4.21. The van der Waals surface area contributed by atoms with Gasteiger partial charge in [0.05, 0.1) is 3.57 Å². The van der Waals surface area contributed by atoms with Gasteiger partial charge in [-0.1, -0.05) is 6.07 Å². The van der Waals surface area contributed by atoms with Crippen molar-refractivity contribution >= 4 is 22.6 Å². The van der Waals surface area contributed by atoms with Gasteiger partial charge in [0, 0.05) is 0 Å². The molecule has 0 aliphatic heterocycles. The highest BCUT2D eigenvalue weighted by atomic mass is 127. The van der Waals surface area contributed by atoms with Gasteiger partial charge in [-0.25, -0.2) is 0 Å². The van der Waals surface area contributed by atoms with E-state index in [4.69, 9.17) is 5.11 Å². The molecule has 1 rings (SSSR count). The Balaban J connectivity index is 2.96. The highest BCUT2D eigenvalue weighted by molar-refractivity contribution is 14.1. The summed E-state index contributed by atoms with van der Waals surface area (Å²) in [5, 5.41) is 9.13. The molecule has 0 fully saturated rings. The number of phenolic OH excluding ortho intramolecular Hbond substituents is 1. The number of rotatable bonds is 1. The molecule has 0 saturated heterocycles. The summed E-state index contributed by atoms with van der Waals surface area (Å²) < 4.78 is 39.0. The lowest BCUT2D eigenvalue weighted by atomic mass is 10.3. The van der Waals surface area contributed by atoms with Crippen LogP contribution >= 0.6 is 22.6 Å². The van der Waals surface area contributed by atoms with Crippen LogP contribution in [0.4, 0.5) is 13.2 Å². The van der Waals surface area contributed by atoms with Crippen molar-refractivity contribution in [2.75, 3.05) is 0 Å². The molecule has 1 aromatic rings. The lowest BCUT2D eigenvalue weighted by molar-refractivity contribution is -0.275. The molecular formula is C7H4F3IO2. The van der Waals surface area contributed by atoms with Crippen LogP contribution in [0.2, 0.25) is 0 Å². The molecule has 0 heterocycles. The Morgan fingerprint density at radius 3 is 2.46 bits per heavy atom. The van der Waals surface area contributed by atoms with E-state index in [1.807, 2.05) is 0 Å². The summed E-state index contributed by atoms with van der Waals surface area (Å²) in [7, 11) is 0. The molecule has 72 valence electrons. The summed E-state index contributed by atoms with van der Waals surface area (Å²) in [6, 6.07) is 3.88. The Kier molecular flexibility index (Phi) is 2.89. The lowest BCUT2D eigenvalue weighted by Crippen LogP contribution is -2.17. The van der Waals surface area contributed by atoms with Gasteiger partial charge < -0.3 is 9.84 Å². The maximum absolute atomic E-state index is 11.7. The minimum absolute atomic E-state index is 0.305. The van der Waals surface area contributed by atoms with E-state index in [2.05, 4.69) is 4.74 Å². The van der Waals surface area contributed by atoms with Crippen molar-refractivity contribution in [1.82, 2.24) is 0 Å². The van der Waals surface area contributed by atoms with Gasteiger partial charge in [0.15, 0.2) is 11.5 Å². The molecule has 2 nitrogen and oxygen atoms in total. The Morgan fingerprint density at radius 1 is 1.31 bits per heavy atom. The molecule has 0 spiro atoms. The molecule has 0 bridgehead atoms. The second-order valence-electron chi connectivity index (χ2n) is 2.13. The molecule has 0 aliphatic rings. The van der Waals surface area contributed by atoms with Crippen molar-refractivity contribution in [2.24, 2.45) is 0 Å². The summed E-state index contributed by atoms with van der Waals surface area (Å²) in [4.78, 5) is 0. The molecule has 1 N–H and O–H groups in total. The first-order valence-electron chi connectivity index (χ1n) is 3.13. The number of hydrogen-bond donors (Lipinski definition) is 1. The number of alkyl halides is 3. The van der Waals surface area contributed by atoms with Crippen molar-refractivity contribution in [3.8, 4) is 11.5 Å². The van der Waals surface area contributed by atoms with E-state index in [1.54, 1.807) is 22.6 Å². The highest BCUT2D eigenvalue weighted by Crippen LogP contribution is 2.34. The van der Waals surface area contributed by atoms with E-state index in [9.17, 15) is 13.2 Å². The van der Waals surface area contributed by atoms with Crippen LogP contribution in [0.25, 0.3) is 0 Å². The van der Waals surface area contributed by atoms with Gasteiger partial charge in [0.25, 0.3) is 0 Å². The molecule has 0 atom stereocenters. The molecule has 13 heavy (non-hydrogen) atoms. The summed E-state index contributed by atoms with van der Waals surface area (Å²) >= 11 is 1.70. The number of para-hydroxylation sites is 1. The van der Waals surface area contributed by atoms with E-state index in [0.717, 1.165) is 6.07 Å². The maximum atomic E-state index is 11.7. The zero-order chi connectivity index (χ0) is 10.1. The van der Waals surface area contributed by atoms with Gasteiger partial charge in [-0.3, -0.25) is 0 Å². The summed E-state index contributed by atoms with van der Waals surface area (Å²) in [5.41, 5.74) is 0. The van der Waals surface area contributed by atoms with Crippen molar-refractivity contribution in [3.63, 3.8) is 0 Å². The Labute approximate surface area is 85.5 Å². The smallest absolute Gasteiger partial charge is 0.504 e. The number of phenols is 1. The third-order valence-electron chi connectivity index (χ3n) is 1.18. The number of hydrogen-bond acceptors (Lipinski definition) is 2. The minimum atomic E-state index is -4.78. The van der Waals surface area contributed by atoms with E-state index in [0.29, 0.717) is 3.57 Å². The average Bonchev–Trinajstić information content (AvgIpc) is 1.96. The SMILES string of the molecule is Oc1c(I)cccc1OC(F)(F)F. The molecular weight excluding hydrogens is 300 g/mol. The molecule has 0 aromatic heterocycles. The molecule has 1 aromatic carbocycles. The van der Waals surface area contributed by atoms with Gasteiger partial charge in [0.2, 0.25) is 0 Å². The summed E-state index contributed by atoms with van der Waals surface area (Å²) in [6.07, 6.45) is -4.78. The Hall–Kier alpha value is -0.660. The molecule has 6 heteroatoms. The normalized spacial score (nSPS) is 11.4. The van der Waals surface area contributed by atoms with Crippen LogP contribution in [0.1, 0.15) is 0 Å². The van der Waals surface area contributed by atoms with Crippen LogP contribution in [0.5, 0.6) is 11.5 Å². The molecule has 0 unspecified atom stereocenters. The number of aromatic hydroxyl groups is 1. The predicted octanol–water partition coefficient (Wildman–Crippen LogP) is 2.90. The topological polar surface area (TPSA) is 29.5 Å². The zero-order valence-corrected chi connectivity index (χ0v) is 8.26. The average molecular weight is 304 g/mol. The van der Waals surface area contributed by atoms with Crippen LogP contribution in [0.15, 0.2) is 18.2 Å². The van der Waals surface area contributed by atoms with Gasteiger partial charge in [-0.15, -0.1) is 13.2 Å². The molecule has 0 aliphatic carbocycles. The highest BCUT2D eigenvalue weighted by Gasteiger charge is 2.32. The van der Waals surface area contributed by atoms with Gasteiger partial charge in [-0.2, -0.15) is 0 Å². The second kappa shape index (κ2) is 3.60. The molecule has 0 amide bonds. The van der Waals surface area contributed by atoms with E-state index in [1.165, 1.54) is 12.1 Å². The standard InChI is InChI=1S/C7H4F3IO2/c8-7(9,10)13-5-3-1-2-4(11)6(5)12/h1-3,12H. The van der Waals surface area contributed by atoms with Gasteiger partial charge in [-0.05, 0) is 34.7 Å². The molecule has 0 saturated carbocycles. The largest absolute Gasteiger partial charge is 0.573 e. The van der Waals surface area contributed by atoms with Crippen molar-refractivity contribution in [1.29, 1.82) is 0 Å². The first-order chi connectivity index (χ1) is 5.90. The summed E-state index contributed by atoms with van der Waals surface area (Å²) in [5.74, 6) is -1.08. The van der Waals surface area contributed by atoms with Crippen LogP contribution in [0, 0.1) is 3.57 Å². The van der Waals surface area contributed by atoms with Crippen LogP contribution in [0.3, 0.4) is 0 Å². The fraction of sp³-hybridized carbons (Fsp3) is 0.143. The molecule has 0 radical (unpaired) electrons. The fourth-order valence-corrected chi connectivity index (χ4v) is 1.18. The van der Waals surface area contributed by atoms with Crippen LogP contribution in [-0.2, 0) is 0 Å². The number of ether oxygens (including phenoxy) is 1. The van der Waals surface area contributed by atoms with Crippen molar-refractivity contribution in [2.45, 2.75) is 6.36 Å². The number of benzene rings is 1. The van der Waals surface area contributed by atoms with Crippen molar-refractivity contribution in [3.05, 3.63) is 21.8 Å². The predicted molar refractivity (Wildman–Crippen MR) is 47.5 cm³/mol. The Bertz CT molecular complexity index is 311. The second-order valence-corrected chi connectivity index (χ2v) is 3.30. The Morgan fingerprint density at radius 2 is 1.92 bits per heavy atom. The van der Waals surface area contributed by atoms with E-state index < -0.39 is 17.9 Å². The first kappa shape index (κ1) is 10.4. The summed E-state index contributed by atoms with van der Waals surface area (Å²) in [6.45, 7) is 0. The third-order valence-corrected chi connectivity index (χ3v) is 2.05. The van der Waals surface area contributed by atoms with Crippen molar-refractivity contribution < 1.29 is 23.0 Å². The number of halogens is 4. The third kappa shape index (κ3) is 2.94. The van der Waals surface area contributed by atoms with Crippen LogP contribution < -0.4 is 4.74 Å². The minimum Gasteiger partial charge on any atom is -0.504 e. The quantitative estimate of drug-likeness (QED) is 0.808. The maximum Gasteiger partial charge on any atom is 0.573 e. The monoisotopic (exact) mass is 304 g/mol. The van der Waals surface area contributed by atoms with E-state index >= 15 is 0 Å². The fourth-order valence-electron chi connectivity index (χ4n) is 0.703.